The number of ether oxygens (including phenoxy) is 2. The summed E-state index contributed by atoms with van der Waals surface area (Å²) in [6.45, 7) is 4.45. The number of phosphoric acid groups is 1. The van der Waals surface area contributed by atoms with E-state index < -0.39 is 26.5 Å². The number of hydrogen-bond donors (Lipinski definition) is 1. The van der Waals surface area contributed by atoms with Crippen LogP contribution in [0.4, 0.5) is 0 Å². The number of phosphoric ester groups is 1. The lowest BCUT2D eigenvalue weighted by molar-refractivity contribution is -0.870. The SMILES string of the molecule is CCCCCCCCCCCCCCCCCCCCCCCC(=O)OC(COC(=O)CCCCCCCCCCCC)COP(=O)(O)OCC[N+](C)(C)C. The minimum atomic E-state index is -4.36. The first kappa shape index (κ1) is 54.0. The quantitative estimate of drug-likeness (QED) is 0.0281. The number of unbranched alkanes of at least 4 members (excludes halogenated alkanes) is 29. The van der Waals surface area contributed by atoms with Crippen LogP contribution in [0.15, 0.2) is 0 Å². The Hall–Kier alpha value is -0.990. The first-order chi connectivity index (χ1) is 26.5. The molecule has 328 valence electrons. The van der Waals surface area contributed by atoms with E-state index in [1.54, 1.807) is 0 Å². The first-order valence-electron chi connectivity index (χ1n) is 23.3. The van der Waals surface area contributed by atoms with Crippen LogP contribution in [0.1, 0.15) is 226 Å². The van der Waals surface area contributed by atoms with E-state index in [0.717, 1.165) is 38.5 Å². The van der Waals surface area contributed by atoms with E-state index in [0.29, 0.717) is 17.4 Å². The Bertz CT molecular complexity index is 912. The Morgan fingerprint density at radius 2 is 0.818 bits per heavy atom. The van der Waals surface area contributed by atoms with Gasteiger partial charge in [-0.2, -0.15) is 0 Å². The minimum Gasteiger partial charge on any atom is -0.462 e. The van der Waals surface area contributed by atoms with Crippen LogP contribution in [-0.2, 0) is 32.7 Å². The number of hydrogen-bond acceptors (Lipinski definition) is 7. The molecule has 0 amide bonds. The molecule has 9 nitrogen and oxygen atoms in total. The van der Waals surface area contributed by atoms with E-state index in [4.69, 9.17) is 18.5 Å². The fraction of sp³-hybridized carbons (Fsp3) is 0.956. The van der Waals surface area contributed by atoms with Crippen LogP contribution in [0, 0.1) is 0 Å². The second-order valence-electron chi connectivity index (χ2n) is 17.2. The third-order valence-corrected chi connectivity index (χ3v) is 11.4. The van der Waals surface area contributed by atoms with E-state index in [1.807, 2.05) is 21.1 Å². The van der Waals surface area contributed by atoms with Gasteiger partial charge in [0.25, 0.3) is 0 Å². The predicted molar refractivity (Wildman–Crippen MR) is 229 cm³/mol. The molecule has 0 heterocycles. The molecule has 0 aliphatic heterocycles. The zero-order valence-electron chi connectivity index (χ0n) is 36.9. The monoisotopic (exact) mass is 805 g/mol. The van der Waals surface area contributed by atoms with Crippen molar-refractivity contribution in [3.63, 3.8) is 0 Å². The van der Waals surface area contributed by atoms with Gasteiger partial charge >= 0.3 is 19.8 Å². The first-order valence-corrected chi connectivity index (χ1v) is 24.8. The number of esters is 2. The molecule has 0 saturated heterocycles. The van der Waals surface area contributed by atoms with Crippen LogP contribution in [0.2, 0.25) is 0 Å². The van der Waals surface area contributed by atoms with E-state index in [1.165, 1.54) is 161 Å². The Balaban J connectivity index is 4.19. The molecule has 0 aliphatic carbocycles. The average molecular weight is 805 g/mol. The van der Waals surface area contributed by atoms with Gasteiger partial charge in [-0.1, -0.05) is 200 Å². The number of carbonyl (C=O) groups is 2. The summed E-state index contributed by atoms with van der Waals surface area (Å²) in [7, 11) is 1.49. The van der Waals surface area contributed by atoms with E-state index in [-0.39, 0.29) is 25.6 Å². The highest BCUT2D eigenvalue weighted by Crippen LogP contribution is 2.43. The lowest BCUT2D eigenvalue weighted by Crippen LogP contribution is -2.37. The van der Waals surface area contributed by atoms with Crippen molar-refractivity contribution >= 4 is 19.8 Å². The van der Waals surface area contributed by atoms with Crippen molar-refractivity contribution in [2.24, 2.45) is 0 Å². The highest BCUT2D eigenvalue weighted by molar-refractivity contribution is 7.47. The maximum Gasteiger partial charge on any atom is 0.472 e. The summed E-state index contributed by atoms with van der Waals surface area (Å²) in [6, 6.07) is 0. The van der Waals surface area contributed by atoms with Gasteiger partial charge in [0.05, 0.1) is 27.7 Å². The average Bonchev–Trinajstić information content (AvgIpc) is 3.13. The molecule has 0 spiro atoms. The summed E-state index contributed by atoms with van der Waals surface area (Å²) in [5.74, 6) is -0.785. The molecule has 10 heteroatoms. The molecule has 0 aliphatic rings. The van der Waals surface area contributed by atoms with E-state index >= 15 is 0 Å². The zero-order chi connectivity index (χ0) is 40.7. The molecular weight excluding hydrogens is 713 g/mol. The summed E-state index contributed by atoms with van der Waals surface area (Å²) in [5.41, 5.74) is 0. The smallest absolute Gasteiger partial charge is 0.462 e. The minimum absolute atomic E-state index is 0.0368. The Morgan fingerprint density at radius 3 is 1.16 bits per heavy atom. The molecule has 55 heavy (non-hydrogen) atoms. The Morgan fingerprint density at radius 1 is 0.491 bits per heavy atom. The second-order valence-corrected chi connectivity index (χ2v) is 18.6. The molecule has 0 aromatic carbocycles. The molecule has 2 unspecified atom stereocenters. The number of carbonyl (C=O) groups excluding carboxylic acids is 2. The summed E-state index contributed by atoms with van der Waals surface area (Å²) < 4.78 is 34.3. The van der Waals surface area contributed by atoms with Crippen LogP contribution in [0.25, 0.3) is 0 Å². The number of rotatable bonds is 43. The lowest BCUT2D eigenvalue weighted by Gasteiger charge is -2.24. The van der Waals surface area contributed by atoms with Gasteiger partial charge in [0.2, 0.25) is 0 Å². The predicted octanol–water partition coefficient (Wildman–Crippen LogP) is 13.2. The van der Waals surface area contributed by atoms with Crippen molar-refractivity contribution in [1.82, 2.24) is 0 Å². The van der Waals surface area contributed by atoms with Crippen molar-refractivity contribution < 1.29 is 42.1 Å². The van der Waals surface area contributed by atoms with Gasteiger partial charge in [-0.3, -0.25) is 18.6 Å². The van der Waals surface area contributed by atoms with Gasteiger partial charge in [0, 0.05) is 12.8 Å². The molecule has 1 N–H and O–H groups in total. The second kappa shape index (κ2) is 38.5. The summed E-state index contributed by atoms with van der Waals surface area (Å²) >= 11 is 0. The summed E-state index contributed by atoms with van der Waals surface area (Å²) in [5, 5.41) is 0. The van der Waals surface area contributed by atoms with Gasteiger partial charge in [-0.25, -0.2) is 4.57 Å². The molecular formula is C45H91NO8P+. The standard InChI is InChI=1S/C45H90NO8P/c1-6-8-10-12-14-16-18-19-20-21-22-23-24-25-26-27-28-30-32-34-36-38-45(48)54-43(42-53-55(49,50)52-40-39-46(3,4)5)41-51-44(47)37-35-33-31-29-17-15-13-11-9-7-2/h43H,6-42H2,1-5H3/p+1. The normalized spacial score (nSPS) is 13.5. The maximum absolute atomic E-state index is 12.7. The van der Waals surface area contributed by atoms with Crippen LogP contribution in [0.3, 0.4) is 0 Å². The molecule has 0 bridgehead atoms. The lowest BCUT2D eigenvalue weighted by atomic mass is 10.0. The fourth-order valence-corrected chi connectivity index (χ4v) is 7.46. The van der Waals surface area contributed by atoms with Crippen LogP contribution < -0.4 is 0 Å². The van der Waals surface area contributed by atoms with Crippen LogP contribution in [-0.4, -0.2) is 74.9 Å². The number of likely N-dealkylation sites (N-methyl/N-ethyl adjacent to an activating group) is 1. The van der Waals surface area contributed by atoms with Crippen molar-refractivity contribution in [3.8, 4) is 0 Å². The van der Waals surface area contributed by atoms with E-state index in [9.17, 15) is 19.0 Å². The topological polar surface area (TPSA) is 108 Å². The molecule has 0 aromatic rings. The van der Waals surface area contributed by atoms with Gasteiger partial charge in [-0.05, 0) is 12.8 Å². The molecule has 0 rings (SSSR count). The molecule has 0 fully saturated rings. The fourth-order valence-electron chi connectivity index (χ4n) is 6.72. The van der Waals surface area contributed by atoms with Crippen molar-refractivity contribution in [2.45, 2.75) is 232 Å². The van der Waals surface area contributed by atoms with Gasteiger partial charge < -0.3 is 18.9 Å². The van der Waals surface area contributed by atoms with Crippen LogP contribution >= 0.6 is 7.82 Å². The Kier molecular flexibility index (Phi) is 37.8. The summed E-state index contributed by atoms with van der Waals surface area (Å²) in [4.78, 5) is 35.3. The van der Waals surface area contributed by atoms with Crippen LogP contribution in [0.5, 0.6) is 0 Å². The molecule has 0 aromatic heterocycles. The van der Waals surface area contributed by atoms with Gasteiger partial charge in [0.15, 0.2) is 6.10 Å². The third kappa shape index (κ3) is 42.4. The zero-order valence-corrected chi connectivity index (χ0v) is 37.8. The third-order valence-electron chi connectivity index (χ3n) is 10.4. The number of quaternary nitrogens is 1. The largest absolute Gasteiger partial charge is 0.472 e. The van der Waals surface area contributed by atoms with Crippen molar-refractivity contribution in [3.05, 3.63) is 0 Å². The highest BCUT2D eigenvalue weighted by atomic mass is 31.2. The number of nitrogens with zero attached hydrogens (tertiary/aromatic N) is 1. The maximum atomic E-state index is 12.7. The summed E-state index contributed by atoms with van der Waals surface area (Å²) in [6.07, 6.45) is 38.7. The highest BCUT2D eigenvalue weighted by Gasteiger charge is 2.27. The van der Waals surface area contributed by atoms with Gasteiger partial charge in [-0.15, -0.1) is 0 Å². The molecule has 0 saturated carbocycles. The molecule has 2 atom stereocenters. The Labute approximate surface area is 340 Å². The molecule has 0 radical (unpaired) electrons. The van der Waals surface area contributed by atoms with Crippen molar-refractivity contribution in [2.75, 3.05) is 47.5 Å². The van der Waals surface area contributed by atoms with Gasteiger partial charge in [0.1, 0.15) is 19.8 Å². The van der Waals surface area contributed by atoms with E-state index in [2.05, 4.69) is 13.8 Å². The van der Waals surface area contributed by atoms with Crippen molar-refractivity contribution in [1.29, 1.82) is 0 Å².